The third-order valence-corrected chi connectivity index (χ3v) is 11.9. The predicted molar refractivity (Wildman–Crippen MR) is 207 cm³/mol. The Morgan fingerprint density at radius 3 is 0.896 bits per heavy atom. The van der Waals surface area contributed by atoms with Crippen LogP contribution in [0.2, 0.25) is 0 Å². The Bertz CT molecular complexity index is 788. The van der Waals surface area contributed by atoms with Crippen LogP contribution in [0.5, 0.6) is 0 Å². The second-order valence-corrected chi connectivity index (χ2v) is 16.2. The molecule has 0 aliphatic carbocycles. The lowest BCUT2D eigenvalue weighted by Gasteiger charge is -2.42. The Labute approximate surface area is 299 Å². The molecule has 2 saturated heterocycles. The summed E-state index contributed by atoms with van der Waals surface area (Å²) in [7, 11) is 0. The van der Waals surface area contributed by atoms with Gasteiger partial charge >= 0.3 is 0 Å². The highest BCUT2D eigenvalue weighted by molar-refractivity contribution is 5.21. The molecule has 0 amide bonds. The number of hydrogen-bond acceptors (Lipinski definition) is 2. The lowest BCUT2D eigenvalue weighted by atomic mass is 10.0. The van der Waals surface area contributed by atoms with E-state index in [4.69, 9.17) is 9.47 Å². The number of nitrogens with zero attached hydrogens (tertiary/aromatic N) is 2. The molecule has 2 aliphatic heterocycles. The fourth-order valence-corrected chi connectivity index (χ4v) is 8.48. The summed E-state index contributed by atoms with van der Waals surface area (Å²) in [5, 5.41) is 0. The highest BCUT2D eigenvalue weighted by Crippen LogP contribution is 2.24. The highest BCUT2D eigenvalue weighted by atomic mass is 16.5. The molecule has 2 fully saturated rings. The van der Waals surface area contributed by atoms with Gasteiger partial charge < -0.3 is 18.4 Å². The predicted octanol–water partition coefficient (Wildman–Crippen LogP) is 11.8. The number of ether oxygens (including phenoxy) is 2. The summed E-state index contributed by atoms with van der Waals surface area (Å²) >= 11 is 0. The zero-order valence-electron chi connectivity index (χ0n) is 32.5. The molecule has 1 aromatic rings. The van der Waals surface area contributed by atoms with Crippen molar-refractivity contribution in [1.82, 2.24) is 0 Å². The average molecular weight is 671 g/mol. The Morgan fingerprint density at radius 2 is 0.625 bits per heavy atom. The van der Waals surface area contributed by atoms with E-state index in [1.54, 1.807) is 0 Å². The van der Waals surface area contributed by atoms with Gasteiger partial charge in [0.15, 0.2) is 0 Å². The third-order valence-electron chi connectivity index (χ3n) is 11.9. The van der Waals surface area contributed by atoms with Crippen LogP contribution in [0.4, 0.5) is 0 Å². The van der Waals surface area contributed by atoms with Gasteiger partial charge in [0.05, 0.1) is 39.5 Å². The van der Waals surface area contributed by atoms with Crippen molar-refractivity contribution >= 4 is 0 Å². The molecule has 2 aliphatic rings. The van der Waals surface area contributed by atoms with Crippen LogP contribution in [0.25, 0.3) is 0 Å². The van der Waals surface area contributed by atoms with Crippen LogP contribution in [-0.4, -0.2) is 74.7 Å². The van der Waals surface area contributed by atoms with Gasteiger partial charge in [0.25, 0.3) is 0 Å². The minimum Gasteiger partial charge on any atom is -0.370 e. The van der Waals surface area contributed by atoms with E-state index in [9.17, 15) is 0 Å². The van der Waals surface area contributed by atoms with Gasteiger partial charge in [-0.15, -0.1) is 0 Å². The van der Waals surface area contributed by atoms with Gasteiger partial charge in [-0.05, 0) is 25.7 Å². The van der Waals surface area contributed by atoms with Crippen LogP contribution in [0.1, 0.15) is 179 Å². The maximum Gasteiger partial charge on any atom is 0.104 e. The first-order valence-corrected chi connectivity index (χ1v) is 21.6. The summed E-state index contributed by atoms with van der Waals surface area (Å²) in [6, 6.07) is 9.86. The van der Waals surface area contributed by atoms with Gasteiger partial charge in [0.1, 0.15) is 39.3 Å². The molecule has 48 heavy (non-hydrogen) atoms. The molecule has 4 nitrogen and oxygen atoms in total. The number of benzene rings is 1. The molecule has 0 radical (unpaired) electrons. The van der Waals surface area contributed by atoms with E-state index in [1.165, 1.54) is 227 Å². The molecular formula is C44H82N2O2+2. The van der Waals surface area contributed by atoms with Crippen molar-refractivity contribution in [2.24, 2.45) is 0 Å². The molecule has 0 N–H and O–H groups in total. The van der Waals surface area contributed by atoms with E-state index < -0.39 is 0 Å². The van der Waals surface area contributed by atoms with Gasteiger partial charge in [0, 0.05) is 11.1 Å². The molecule has 3 rings (SSSR count). The first kappa shape index (κ1) is 41.5. The standard InChI is InChI=1S/C44H82N2O2/c1-3-5-7-9-11-13-15-17-19-21-23-25-31-45(33-37-47-38-34-45)41-43-27-29-44(30-28-43)42-46(35-39-48-40-36-46)32-26-24-22-20-18-16-14-12-10-8-6-4-2/h27-30H,3-26,31-42H2,1-2H3/q+2. The highest BCUT2D eigenvalue weighted by Gasteiger charge is 2.32. The lowest BCUT2D eigenvalue weighted by Crippen LogP contribution is -2.55. The summed E-state index contributed by atoms with van der Waals surface area (Å²) in [6.45, 7) is 18.0. The van der Waals surface area contributed by atoms with Crippen molar-refractivity contribution in [3.63, 3.8) is 0 Å². The van der Waals surface area contributed by atoms with Crippen LogP contribution >= 0.6 is 0 Å². The van der Waals surface area contributed by atoms with E-state index in [0.29, 0.717) is 0 Å². The summed E-state index contributed by atoms with van der Waals surface area (Å²) in [6.07, 6.45) is 34.2. The lowest BCUT2D eigenvalue weighted by molar-refractivity contribution is -0.948. The molecule has 0 unspecified atom stereocenters. The number of quaternary nitrogens is 2. The summed E-state index contributed by atoms with van der Waals surface area (Å²) < 4.78 is 14.2. The van der Waals surface area contributed by atoms with Gasteiger partial charge in [-0.3, -0.25) is 0 Å². The topological polar surface area (TPSA) is 18.5 Å². The van der Waals surface area contributed by atoms with Crippen molar-refractivity contribution in [3.05, 3.63) is 35.4 Å². The smallest absolute Gasteiger partial charge is 0.104 e. The van der Waals surface area contributed by atoms with E-state index in [1.807, 2.05) is 0 Å². The fraction of sp³-hybridized carbons (Fsp3) is 0.864. The molecule has 2 heterocycles. The van der Waals surface area contributed by atoms with Crippen molar-refractivity contribution < 1.29 is 18.4 Å². The molecule has 278 valence electrons. The molecule has 0 saturated carbocycles. The molecule has 0 atom stereocenters. The van der Waals surface area contributed by atoms with Crippen LogP contribution in [0.3, 0.4) is 0 Å². The molecule has 0 aromatic heterocycles. The number of rotatable bonds is 30. The van der Waals surface area contributed by atoms with Crippen LogP contribution in [0, 0.1) is 0 Å². The number of unbranched alkanes of at least 4 members (excludes halogenated alkanes) is 22. The first-order valence-electron chi connectivity index (χ1n) is 21.6. The monoisotopic (exact) mass is 671 g/mol. The van der Waals surface area contributed by atoms with Gasteiger partial charge in [-0.2, -0.15) is 0 Å². The SMILES string of the molecule is CCCCCCCCCCCCCC[N+]1(Cc2ccc(C[N+]3(CCCCCCCCCCCCCC)CCOCC3)cc2)CCOCC1. The van der Waals surface area contributed by atoms with Crippen molar-refractivity contribution in [2.45, 2.75) is 181 Å². The summed E-state index contributed by atoms with van der Waals surface area (Å²) in [5.41, 5.74) is 3.04. The van der Waals surface area contributed by atoms with Gasteiger partial charge in [0.2, 0.25) is 0 Å². The van der Waals surface area contributed by atoms with Crippen LogP contribution < -0.4 is 0 Å². The van der Waals surface area contributed by atoms with Crippen LogP contribution in [0.15, 0.2) is 24.3 Å². The molecule has 1 aromatic carbocycles. The van der Waals surface area contributed by atoms with E-state index >= 15 is 0 Å². The van der Waals surface area contributed by atoms with Gasteiger partial charge in [-0.1, -0.05) is 167 Å². The van der Waals surface area contributed by atoms with E-state index in [0.717, 1.165) is 26.4 Å². The number of hydrogen-bond donors (Lipinski definition) is 0. The summed E-state index contributed by atoms with van der Waals surface area (Å²) in [4.78, 5) is 0. The normalized spacial score (nSPS) is 17.5. The zero-order valence-corrected chi connectivity index (χ0v) is 32.5. The Balaban J connectivity index is 1.34. The molecule has 0 spiro atoms. The molecular weight excluding hydrogens is 588 g/mol. The van der Waals surface area contributed by atoms with Crippen molar-refractivity contribution in [2.75, 3.05) is 65.7 Å². The maximum atomic E-state index is 5.85. The van der Waals surface area contributed by atoms with E-state index in [-0.39, 0.29) is 0 Å². The van der Waals surface area contributed by atoms with Crippen LogP contribution in [-0.2, 0) is 22.6 Å². The summed E-state index contributed by atoms with van der Waals surface area (Å²) in [5.74, 6) is 0. The fourth-order valence-electron chi connectivity index (χ4n) is 8.48. The first-order chi connectivity index (χ1) is 23.7. The Kier molecular flexibility index (Phi) is 23.2. The minimum atomic E-state index is 0.928. The quantitative estimate of drug-likeness (QED) is 0.0599. The third kappa shape index (κ3) is 18.3. The van der Waals surface area contributed by atoms with Gasteiger partial charge in [-0.25, -0.2) is 0 Å². The van der Waals surface area contributed by atoms with E-state index in [2.05, 4.69) is 38.1 Å². The molecule has 0 bridgehead atoms. The zero-order chi connectivity index (χ0) is 33.9. The largest absolute Gasteiger partial charge is 0.370 e. The molecule has 4 heteroatoms. The second-order valence-electron chi connectivity index (χ2n) is 16.2. The number of morpholine rings is 2. The second kappa shape index (κ2) is 26.8. The van der Waals surface area contributed by atoms with Crippen molar-refractivity contribution in [1.29, 1.82) is 0 Å². The minimum absolute atomic E-state index is 0.928. The Hall–Kier alpha value is -0.940. The Morgan fingerprint density at radius 1 is 0.375 bits per heavy atom. The van der Waals surface area contributed by atoms with Crippen molar-refractivity contribution in [3.8, 4) is 0 Å². The maximum absolute atomic E-state index is 5.85. The average Bonchev–Trinajstić information content (AvgIpc) is 3.11.